The maximum atomic E-state index is 13.0. The minimum absolute atomic E-state index is 0.0193. The van der Waals surface area contributed by atoms with Crippen molar-refractivity contribution in [1.29, 1.82) is 5.26 Å². The molecule has 1 aromatic carbocycles. The molecule has 27 heavy (non-hydrogen) atoms. The molecule has 0 fully saturated rings. The first-order valence-corrected chi connectivity index (χ1v) is 9.13. The number of benzene rings is 1. The Hall–Kier alpha value is -3.38. The highest BCUT2D eigenvalue weighted by Gasteiger charge is 2.21. The number of hydrogen-bond donors (Lipinski definition) is 0. The van der Waals surface area contributed by atoms with Crippen LogP contribution in [0.25, 0.3) is 0 Å². The molecule has 8 nitrogen and oxygen atoms in total. The van der Waals surface area contributed by atoms with Crippen molar-refractivity contribution >= 4 is 22.9 Å². The van der Waals surface area contributed by atoms with E-state index in [0.717, 1.165) is 4.88 Å². The lowest BCUT2D eigenvalue weighted by Crippen LogP contribution is -2.33. The lowest BCUT2D eigenvalue weighted by molar-refractivity contribution is -0.119. The van der Waals surface area contributed by atoms with E-state index in [1.54, 1.807) is 16.2 Å². The maximum absolute atomic E-state index is 13.0. The summed E-state index contributed by atoms with van der Waals surface area (Å²) in [4.78, 5) is 19.5. The zero-order valence-electron chi connectivity index (χ0n) is 14.2. The van der Waals surface area contributed by atoms with E-state index in [9.17, 15) is 4.79 Å². The average molecular weight is 381 g/mol. The number of amides is 1. The van der Waals surface area contributed by atoms with Crippen LogP contribution in [0, 0.1) is 11.3 Å². The Balaban J connectivity index is 1.62. The first kappa shape index (κ1) is 17.1. The molecule has 0 N–H and O–H groups in total. The van der Waals surface area contributed by atoms with E-state index in [2.05, 4.69) is 10.1 Å². The first-order chi connectivity index (χ1) is 13.2. The van der Waals surface area contributed by atoms with Gasteiger partial charge in [0, 0.05) is 16.6 Å². The number of carbonyl (C=O) groups excluding carboxylic acids is 1. The number of nitrogens with zero attached hydrogens (tertiary/aromatic N) is 5. The molecule has 0 spiro atoms. The lowest BCUT2D eigenvalue weighted by Gasteiger charge is -2.25. The van der Waals surface area contributed by atoms with Crippen LogP contribution in [-0.4, -0.2) is 33.9 Å². The fourth-order valence-electron chi connectivity index (χ4n) is 2.73. The number of hydrogen-bond acceptors (Lipinski definition) is 7. The Morgan fingerprint density at radius 2 is 2.15 bits per heavy atom. The molecule has 1 aliphatic rings. The van der Waals surface area contributed by atoms with Gasteiger partial charge in [-0.3, -0.25) is 4.79 Å². The molecule has 136 valence electrons. The van der Waals surface area contributed by atoms with Crippen molar-refractivity contribution in [2.45, 2.75) is 13.1 Å². The van der Waals surface area contributed by atoms with Crippen molar-refractivity contribution in [3.05, 3.63) is 52.7 Å². The van der Waals surface area contributed by atoms with Gasteiger partial charge in [0.25, 0.3) is 5.82 Å². The molecule has 0 saturated carbocycles. The van der Waals surface area contributed by atoms with Crippen molar-refractivity contribution in [1.82, 2.24) is 14.8 Å². The topological polar surface area (TPSA) is 93.3 Å². The fourth-order valence-corrected chi connectivity index (χ4v) is 3.42. The van der Waals surface area contributed by atoms with Gasteiger partial charge in [-0.15, -0.1) is 16.4 Å². The number of rotatable bonds is 5. The average Bonchev–Trinajstić information content (AvgIpc) is 3.37. The lowest BCUT2D eigenvalue weighted by atomic mass is 10.2. The van der Waals surface area contributed by atoms with Crippen LogP contribution < -0.4 is 14.4 Å². The van der Waals surface area contributed by atoms with E-state index < -0.39 is 0 Å². The zero-order valence-corrected chi connectivity index (χ0v) is 15.1. The molecule has 9 heteroatoms. The van der Waals surface area contributed by atoms with Gasteiger partial charge in [0.15, 0.2) is 11.5 Å². The Morgan fingerprint density at radius 1 is 1.30 bits per heavy atom. The molecule has 0 saturated heterocycles. The zero-order chi connectivity index (χ0) is 18.6. The van der Waals surface area contributed by atoms with E-state index in [4.69, 9.17) is 14.7 Å². The van der Waals surface area contributed by atoms with Crippen LogP contribution in [0.1, 0.15) is 10.7 Å². The van der Waals surface area contributed by atoms with Crippen LogP contribution in [0.15, 0.2) is 42.0 Å². The quantitative estimate of drug-likeness (QED) is 0.673. The van der Waals surface area contributed by atoms with Gasteiger partial charge in [0.2, 0.25) is 5.91 Å². The number of nitriles is 1. The molecule has 0 atom stereocenters. The molecule has 0 radical (unpaired) electrons. The van der Waals surface area contributed by atoms with Crippen molar-refractivity contribution in [3.63, 3.8) is 0 Å². The molecule has 1 aliphatic heterocycles. The normalized spacial score (nSPS) is 12.4. The Bertz CT molecular complexity index is 993. The predicted molar refractivity (Wildman–Crippen MR) is 97.7 cm³/mol. The van der Waals surface area contributed by atoms with Crippen LogP contribution in [0.4, 0.5) is 5.69 Å². The molecule has 2 aromatic heterocycles. The van der Waals surface area contributed by atoms with Crippen molar-refractivity contribution in [2.75, 3.05) is 18.1 Å². The van der Waals surface area contributed by atoms with E-state index in [1.165, 1.54) is 11.0 Å². The van der Waals surface area contributed by atoms with Gasteiger partial charge >= 0.3 is 0 Å². The first-order valence-electron chi connectivity index (χ1n) is 8.25. The molecule has 0 aliphatic carbocycles. The van der Waals surface area contributed by atoms with Crippen molar-refractivity contribution < 1.29 is 14.3 Å². The van der Waals surface area contributed by atoms with Crippen LogP contribution in [0.5, 0.6) is 11.5 Å². The molecular weight excluding hydrogens is 366 g/mol. The summed E-state index contributed by atoms with van der Waals surface area (Å²) in [5, 5.41) is 14.8. The SMILES string of the molecule is N#Cc1ncn(CC(=O)N(Cc2cccs2)c2ccc3c(c2)OCCO3)n1. The second-order valence-electron chi connectivity index (χ2n) is 5.76. The molecule has 3 aromatic rings. The number of fused-ring (bicyclic) bond motifs is 1. The Labute approximate surface area is 159 Å². The van der Waals surface area contributed by atoms with E-state index in [1.807, 2.05) is 41.8 Å². The Morgan fingerprint density at radius 3 is 2.89 bits per heavy atom. The molecule has 3 heterocycles. The van der Waals surface area contributed by atoms with Crippen LogP contribution in [-0.2, 0) is 17.9 Å². The molecular formula is C18H15N5O3S. The minimum Gasteiger partial charge on any atom is -0.486 e. The largest absolute Gasteiger partial charge is 0.486 e. The number of ether oxygens (including phenoxy) is 2. The number of carbonyl (C=O) groups is 1. The summed E-state index contributed by atoms with van der Waals surface area (Å²) in [7, 11) is 0. The van der Waals surface area contributed by atoms with Gasteiger partial charge in [-0.1, -0.05) is 6.07 Å². The van der Waals surface area contributed by atoms with Crippen LogP contribution in [0.2, 0.25) is 0 Å². The smallest absolute Gasteiger partial charge is 0.252 e. The summed E-state index contributed by atoms with van der Waals surface area (Å²) in [6.45, 7) is 1.40. The second-order valence-corrected chi connectivity index (χ2v) is 6.80. The third-order valence-electron chi connectivity index (χ3n) is 3.97. The number of anilines is 1. The van der Waals surface area contributed by atoms with Crippen LogP contribution in [0.3, 0.4) is 0 Å². The van der Waals surface area contributed by atoms with Crippen molar-refractivity contribution in [3.8, 4) is 17.6 Å². The molecule has 1 amide bonds. The highest BCUT2D eigenvalue weighted by molar-refractivity contribution is 7.09. The minimum atomic E-state index is -0.172. The monoisotopic (exact) mass is 381 g/mol. The molecule has 0 bridgehead atoms. The standard InChI is InChI=1S/C18H15N5O3S/c19-9-17-20-12-22(21-17)11-18(24)23(10-14-2-1-7-27-14)13-3-4-15-16(8-13)26-6-5-25-15/h1-4,7-8,12H,5-6,10-11H2. The second kappa shape index (κ2) is 7.47. The summed E-state index contributed by atoms with van der Waals surface area (Å²) in [5.41, 5.74) is 0.707. The summed E-state index contributed by atoms with van der Waals surface area (Å²) < 4.78 is 12.6. The Kier molecular flexibility index (Phi) is 4.72. The summed E-state index contributed by atoms with van der Waals surface area (Å²) in [6, 6.07) is 11.2. The van der Waals surface area contributed by atoms with Crippen LogP contribution >= 0.6 is 11.3 Å². The third-order valence-corrected chi connectivity index (χ3v) is 4.83. The number of thiophene rings is 1. The van der Waals surface area contributed by atoms with Gasteiger partial charge in [0.05, 0.1) is 6.54 Å². The number of aromatic nitrogens is 3. The highest BCUT2D eigenvalue weighted by atomic mass is 32.1. The third kappa shape index (κ3) is 3.75. The summed E-state index contributed by atoms with van der Waals surface area (Å²) in [5.74, 6) is 1.15. The van der Waals surface area contributed by atoms with E-state index in [-0.39, 0.29) is 18.3 Å². The van der Waals surface area contributed by atoms with Gasteiger partial charge in [0.1, 0.15) is 32.2 Å². The molecule has 0 unspecified atom stereocenters. The van der Waals surface area contributed by atoms with Gasteiger partial charge in [-0.2, -0.15) is 5.26 Å². The van der Waals surface area contributed by atoms with E-state index in [0.29, 0.717) is 36.9 Å². The highest BCUT2D eigenvalue weighted by Crippen LogP contribution is 2.34. The maximum Gasteiger partial charge on any atom is 0.252 e. The predicted octanol–water partition coefficient (Wildman–Crippen LogP) is 2.22. The summed E-state index contributed by atoms with van der Waals surface area (Å²) >= 11 is 1.58. The molecule has 4 rings (SSSR count). The van der Waals surface area contributed by atoms with E-state index >= 15 is 0 Å². The van der Waals surface area contributed by atoms with Gasteiger partial charge in [-0.25, -0.2) is 9.67 Å². The fraction of sp³-hybridized carbons (Fsp3) is 0.222. The van der Waals surface area contributed by atoms with Crippen molar-refractivity contribution in [2.24, 2.45) is 0 Å². The summed E-state index contributed by atoms with van der Waals surface area (Å²) in [6.07, 6.45) is 1.38. The van der Waals surface area contributed by atoms with Gasteiger partial charge < -0.3 is 14.4 Å². The van der Waals surface area contributed by atoms with Gasteiger partial charge in [-0.05, 0) is 23.6 Å².